The van der Waals surface area contributed by atoms with Crippen LogP contribution in [0, 0.1) is 34.0 Å². The van der Waals surface area contributed by atoms with Crippen molar-refractivity contribution >= 4 is 17.9 Å². The highest BCUT2D eigenvalue weighted by Gasteiger charge is 2.97. The highest BCUT2D eigenvalue weighted by Crippen LogP contribution is 2.84. The van der Waals surface area contributed by atoms with E-state index in [2.05, 4.69) is 0 Å². The minimum absolute atomic E-state index is 0.442. The summed E-state index contributed by atoms with van der Waals surface area (Å²) >= 11 is 0. The van der Waals surface area contributed by atoms with E-state index >= 15 is 0 Å². The lowest BCUT2D eigenvalue weighted by Gasteiger charge is -2.48. The van der Waals surface area contributed by atoms with E-state index in [1.165, 1.54) is 21.1 Å². The maximum Gasteiger partial charge on any atom is 0.340 e. The Morgan fingerprint density at radius 1 is 1.24 bits per heavy atom. The van der Waals surface area contributed by atoms with E-state index in [4.69, 9.17) is 28.4 Å². The summed E-state index contributed by atoms with van der Waals surface area (Å²) in [7, 11) is 2.80. The molecule has 5 fully saturated rings. The van der Waals surface area contributed by atoms with E-state index in [9.17, 15) is 19.5 Å². The van der Waals surface area contributed by atoms with Crippen LogP contribution in [0.3, 0.4) is 0 Å². The third-order valence-electron chi connectivity index (χ3n) is 9.31. The van der Waals surface area contributed by atoms with Crippen LogP contribution in [0.15, 0.2) is 0 Å². The minimum Gasteiger partial charge on any atom is -0.469 e. The Bertz CT molecular complexity index is 927. The molecule has 34 heavy (non-hydrogen) atoms. The van der Waals surface area contributed by atoms with Crippen LogP contribution >= 0.6 is 0 Å². The minimum atomic E-state index is -1.52. The van der Waals surface area contributed by atoms with Gasteiger partial charge in [-0.25, -0.2) is 4.79 Å². The van der Waals surface area contributed by atoms with E-state index in [-0.39, 0.29) is 0 Å². The molecule has 0 aromatic heterocycles. The zero-order chi connectivity index (χ0) is 25.0. The number of esters is 3. The van der Waals surface area contributed by atoms with Crippen molar-refractivity contribution in [2.75, 3.05) is 14.2 Å². The van der Waals surface area contributed by atoms with Gasteiger partial charge in [-0.15, -0.1) is 0 Å². The van der Waals surface area contributed by atoms with Crippen LogP contribution in [0.2, 0.25) is 0 Å². The summed E-state index contributed by atoms with van der Waals surface area (Å²) in [5, 5.41) is 10.9. The predicted octanol–water partition coefficient (Wildman–Crippen LogP) is 1.17. The zero-order valence-corrected chi connectivity index (χ0v) is 20.7. The molecule has 10 nitrogen and oxygen atoms in total. The Balaban J connectivity index is 1.80. The van der Waals surface area contributed by atoms with Gasteiger partial charge in [0.05, 0.1) is 23.9 Å². The molecule has 5 aliphatic rings. The lowest BCUT2D eigenvalue weighted by Crippen LogP contribution is -2.60. The van der Waals surface area contributed by atoms with Crippen LogP contribution in [0.1, 0.15) is 47.5 Å². The molecule has 0 bridgehead atoms. The van der Waals surface area contributed by atoms with Gasteiger partial charge in [-0.05, 0) is 18.3 Å². The molecule has 2 saturated carbocycles. The summed E-state index contributed by atoms with van der Waals surface area (Å²) in [6.45, 7) is 9.09. The molecule has 3 saturated heterocycles. The largest absolute Gasteiger partial charge is 0.469 e. The van der Waals surface area contributed by atoms with Crippen LogP contribution in [-0.2, 0) is 42.8 Å². The van der Waals surface area contributed by atoms with E-state index < -0.39 is 88.4 Å². The molecule has 0 aromatic carbocycles. The average molecular weight is 483 g/mol. The van der Waals surface area contributed by atoms with Gasteiger partial charge in [-0.1, -0.05) is 27.7 Å². The van der Waals surface area contributed by atoms with E-state index in [1.54, 1.807) is 6.92 Å². The summed E-state index contributed by atoms with van der Waals surface area (Å²) in [5.41, 5.74) is -4.11. The lowest BCUT2D eigenvalue weighted by atomic mass is 9.51. The fraction of sp³-hybridized carbons (Fsp3) is 0.875. The summed E-state index contributed by atoms with van der Waals surface area (Å²) in [6, 6.07) is 0. The number of hydrogen-bond acceptors (Lipinski definition) is 10. The smallest absolute Gasteiger partial charge is 0.340 e. The molecule has 10 heteroatoms. The van der Waals surface area contributed by atoms with E-state index in [1.807, 2.05) is 20.8 Å². The van der Waals surface area contributed by atoms with Gasteiger partial charge in [0.1, 0.15) is 18.3 Å². The Morgan fingerprint density at radius 2 is 1.91 bits per heavy atom. The summed E-state index contributed by atoms with van der Waals surface area (Å²) in [4.78, 5) is 38.6. The number of ether oxygens (including phenoxy) is 6. The first kappa shape index (κ1) is 24.0. The van der Waals surface area contributed by atoms with Gasteiger partial charge < -0.3 is 33.5 Å². The topological polar surface area (TPSA) is 127 Å². The first-order valence-electron chi connectivity index (χ1n) is 11.9. The molecule has 3 heterocycles. The third kappa shape index (κ3) is 2.34. The Labute approximate surface area is 198 Å². The van der Waals surface area contributed by atoms with E-state index in [0.29, 0.717) is 12.8 Å². The standard InChI is InChI=1S/C24H34O10/c1-10(17(26)30-7)12-8-9-22-15-13(31-11(2)25)14(21(3,4)5)23(22)16(29-6)18(27)33-20(23)34-24(12,22)19(28)32-15/h10,12-16,18,20,27H,8-9H2,1-7H3/t10?,12?,13-,14?,15?,16+,18?,20?,22?,23?,24?/m1/s1. The van der Waals surface area contributed by atoms with Crippen molar-refractivity contribution in [2.24, 2.45) is 34.0 Å². The van der Waals surface area contributed by atoms with Crippen LogP contribution in [0.5, 0.6) is 0 Å². The number of aliphatic hydroxyl groups is 1. The fourth-order valence-corrected chi connectivity index (χ4v) is 8.75. The van der Waals surface area contributed by atoms with E-state index in [0.717, 1.165) is 0 Å². The number of methoxy groups -OCH3 is 2. The quantitative estimate of drug-likeness (QED) is 0.461. The molecule has 11 atom stereocenters. The second-order valence-corrected chi connectivity index (χ2v) is 11.5. The van der Waals surface area contributed by atoms with Gasteiger partial charge in [-0.2, -0.15) is 0 Å². The van der Waals surface area contributed by atoms with Crippen LogP contribution in [-0.4, -0.2) is 73.7 Å². The van der Waals surface area contributed by atoms with Gasteiger partial charge in [0.15, 0.2) is 18.2 Å². The number of hydrogen-bond donors (Lipinski definition) is 1. The van der Waals surface area contributed by atoms with Crippen molar-refractivity contribution in [3.05, 3.63) is 0 Å². The highest BCUT2D eigenvalue weighted by molar-refractivity contribution is 5.88. The zero-order valence-electron chi connectivity index (χ0n) is 20.7. The van der Waals surface area contributed by atoms with Crippen molar-refractivity contribution in [1.29, 1.82) is 0 Å². The Kier molecular flexibility index (Phi) is 5.04. The molecule has 2 aliphatic carbocycles. The lowest BCUT2D eigenvalue weighted by molar-refractivity contribution is -0.238. The monoisotopic (exact) mass is 482 g/mol. The predicted molar refractivity (Wildman–Crippen MR) is 113 cm³/mol. The van der Waals surface area contributed by atoms with Gasteiger partial charge in [0.25, 0.3) is 0 Å². The fourth-order valence-electron chi connectivity index (χ4n) is 8.75. The molecule has 3 aliphatic heterocycles. The Morgan fingerprint density at radius 3 is 2.47 bits per heavy atom. The van der Waals surface area contributed by atoms with Crippen molar-refractivity contribution in [2.45, 2.75) is 84.0 Å². The third-order valence-corrected chi connectivity index (χ3v) is 9.31. The molecule has 0 aromatic rings. The second-order valence-electron chi connectivity index (χ2n) is 11.5. The Hall–Kier alpha value is -1.75. The summed E-state index contributed by atoms with van der Waals surface area (Å²) in [5.74, 6) is -3.18. The molecule has 190 valence electrons. The normalized spacial score (nSPS) is 49.3. The number of rotatable bonds is 4. The number of carbonyl (C=O) groups is 3. The molecule has 5 rings (SSSR count). The molecule has 0 radical (unpaired) electrons. The number of aliphatic hydroxyl groups excluding tert-OH is 1. The maximum atomic E-state index is 13.8. The van der Waals surface area contributed by atoms with Crippen molar-refractivity contribution in [3.63, 3.8) is 0 Å². The van der Waals surface area contributed by atoms with Crippen molar-refractivity contribution in [1.82, 2.24) is 0 Å². The van der Waals surface area contributed by atoms with Crippen molar-refractivity contribution < 1.29 is 47.9 Å². The van der Waals surface area contributed by atoms with Crippen molar-refractivity contribution in [3.8, 4) is 0 Å². The SMILES string of the molecule is COC(=O)C(C)C1CCC23C4OC(=O)C12OC1OC(O)[C@H](OC)C13C(C(C)(C)C)[C@H]4OC(C)=O. The van der Waals surface area contributed by atoms with Gasteiger partial charge in [0, 0.05) is 25.9 Å². The number of carbonyl (C=O) groups excluding carboxylic acids is 3. The first-order valence-corrected chi connectivity index (χ1v) is 11.9. The van der Waals surface area contributed by atoms with Gasteiger partial charge >= 0.3 is 17.9 Å². The van der Waals surface area contributed by atoms with Crippen LogP contribution < -0.4 is 0 Å². The van der Waals surface area contributed by atoms with Crippen LogP contribution in [0.25, 0.3) is 0 Å². The molecule has 9 unspecified atom stereocenters. The average Bonchev–Trinajstić information content (AvgIpc) is 3.41. The molecule has 1 N–H and O–H groups in total. The molecular formula is C24H34O10. The second kappa shape index (κ2) is 7.15. The highest BCUT2D eigenvalue weighted by atomic mass is 16.8. The molecular weight excluding hydrogens is 448 g/mol. The molecule has 2 spiro atoms. The van der Waals surface area contributed by atoms with Gasteiger partial charge in [0.2, 0.25) is 0 Å². The molecule has 0 amide bonds. The maximum absolute atomic E-state index is 13.8. The van der Waals surface area contributed by atoms with Gasteiger partial charge in [-0.3, -0.25) is 9.59 Å². The van der Waals surface area contributed by atoms with Crippen LogP contribution in [0.4, 0.5) is 0 Å². The summed E-state index contributed by atoms with van der Waals surface area (Å²) in [6.07, 6.45) is -3.88. The first-order chi connectivity index (χ1) is 15.9. The summed E-state index contributed by atoms with van der Waals surface area (Å²) < 4.78 is 35.4.